The summed E-state index contributed by atoms with van der Waals surface area (Å²) in [7, 11) is 0. The lowest BCUT2D eigenvalue weighted by molar-refractivity contribution is 0.477. The lowest BCUT2D eigenvalue weighted by Crippen LogP contribution is -1.91. The van der Waals surface area contributed by atoms with Crippen LogP contribution < -0.4 is 0 Å². The SMILES string of the molecule is C.CC.CC.CC.CCC(CC)CC. The van der Waals surface area contributed by atoms with Crippen LogP contribution in [-0.2, 0) is 0 Å². The minimum Gasteiger partial charge on any atom is -0.0776 e. The first kappa shape index (κ1) is 29.2. The van der Waals surface area contributed by atoms with E-state index in [0.29, 0.717) is 0 Å². The maximum absolute atomic E-state index is 2.26. The fourth-order valence-electron chi connectivity index (χ4n) is 0.866. The Morgan fingerprint density at radius 2 is 0.714 bits per heavy atom. The molecule has 0 radical (unpaired) electrons. The molecule has 0 atom stereocenters. The van der Waals surface area contributed by atoms with Crippen LogP contribution >= 0.6 is 0 Å². The van der Waals surface area contributed by atoms with Crippen molar-refractivity contribution in [3.63, 3.8) is 0 Å². The average molecular weight is 206 g/mol. The minimum atomic E-state index is 0. The van der Waals surface area contributed by atoms with Gasteiger partial charge in [-0.15, -0.1) is 0 Å². The van der Waals surface area contributed by atoms with E-state index in [4.69, 9.17) is 0 Å². The Morgan fingerprint density at radius 3 is 0.714 bits per heavy atom. The van der Waals surface area contributed by atoms with Crippen molar-refractivity contribution in [1.82, 2.24) is 0 Å². The zero-order valence-corrected chi connectivity index (χ0v) is 11.7. The van der Waals surface area contributed by atoms with Gasteiger partial charge in [-0.3, -0.25) is 0 Å². The first-order chi connectivity index (χ1) is 6.35. The molecule has 14 heavy (non-hydrogen) atoms. The zero-order valence-electron chi connectivity index (χ0n) is 11.7. The molecule has 0 N–H and O–H groups in total. The number of rotatable bonds is 3. The van der Waals surface area contributed by atoms with Crippen LogP contribution in [0, 0.1) is 5.92 Å². The summed E-state index contributed by atoms with van der Waals surface area (Å²) in [6.07, 6.45) is 4.06. The third-order valence-corrected chi connectivity index (χ3v) is 1.73. The van der Waals surface area contributed by atoms with Crippen LogP contribution in [0.1, 0.15) is 89.0 Å². The van der Waals surface area contributed by atoms with Crippen LogP contribution in [-0.4, -0.2) is 0 Å². The second-order valence-electron chi connectivity index (χ2n) is 2.09. The van der Waals surface area contributed by atoms with Crippen molar-refractivity contribution in [3.05, 3.63) is 0 Å². The summed E-state index contributed by atoms with van der Waals surface area (Å²) < 4.78 is 0. The molecule has 0 saturated heterocycles. The maximum Gasteiger partial charge on any atom is -0.0422 e. The molecule has 0 saturated carbocycles. The van der Waals surface area contributed by atoms with Gasteiger partial charge in [0.2, 0.25) is 0 Å². The van der Waals surface area contributed by atoms with E-state index in [9.17, 15) is 0 Å². The molecule has 0 aromatic carbocycles. The van der Waals surface area contributed by atoms with Gasteiger partial charge in [0.25, 0.3) is 0 Å². The molecular weight excluding hydrogens is 168 g/mol. The van der Waals surface area contributed by atoms with Gasteiger partial charge in [-0.05, 0) is 5.92 Å². The Balaban J connectivity index is -0.0000000332. The maximum atomic E-state index is 2.26. The molecule has 0 nitrogen and oxygen atoms in total. The van der Waals surface area contributed by atoms with Crippen LogP contribution in [0.3, 0.4) is 0 Å². The van der Waals surface area contributed by atoms with E-state index < -0.39 is 0 Å². The smallest absolute Gasteiger partial charge is 0.0422 e. The summed E-state index contributed by atoms with van der Waals surface area (Å²) in [6.45, 7) is 18.8. The molecule has 0 amide bonds. The van der Waals surface area contributed by atoms with Gasteiger partial charge in [-0.2, -0.15) is 0 Å². The monoisotopic (exact) mass is 206 g/mol. The van der Waals surface area contributed by atoms with Crippen LogP contribution in [0.25, 0.3) is 0 Å². The largest absolute Gasteiger partial charge is 0.0776 e. The van der Waals surface area contributed by atoms with E-state index in [-0.39, 0.29) is 7.43 Å². The van der Waals surface area contributed by atoms with E-state index in [1.165, 1.54) is 19.3 Å². The van der Waals surface area contributed by atoms with Gasteiger partial charge < -0.3 is 0 Å². The second-order valence-corrected chi connectivity index (χ2v) is 2.09. The van der Waals surface area contributed by atoms with Gasteiger partial charge in [0.05, 0.1) is 0 Å². The molecule has 0 bridgehead atoms. The van der Waals surface area contributed by atoms with Crippen LogP contribution in [0.4, 0.5) is 0 Å². The minimum absolute atomic E-state index is 0. The second kappa shape index (κ2) is 52.0. The highest BCUT2D eigenvalue weighted by Crippen LogP contribution is 2.09. The predicted molar refractivity (Wildman–Crippen MR) is 75.1 cm³/mol. The average Bonchev–Trinajstić information content (AvgIpc) is 2.29. The Bertz CT molecular complexity index is 21.5. The molecule has 0 aromatic rings. The van der Waals surface area contributed by atoms with Gasteiger partial charge in [-0.25, -0.2) is 0 Å². The van der Waals surface area contributed by atoms with Crippen LogP contribution in [0.2, 0.25) is 0 Å². The van der Waals surface area contributed by atoms with Crippen molar-refractivity contribution in [2.45, 2.75) is 89.0 Å². The van der Waals surface area contributed by atoms with Gasteiger partial charge in [0, 0.05) is 0 Å². The Hall–Kier alpha value is 0. The lowest BCUT2D eigenvalue weighted by atomic mass is 10.0. The van der Waals surface area contributed by atoms with Crippen molar-refractivity contribution in [2.75, 3.05) is 0 Å². The van der Waals surface area contributed by atoms with Gasteiger partial charge in [-0.1, -0.05) is 89.0 Å². The van der Waals surface area contributed by atoms with Gasteiger partial charge in [0.15, 0.2) is 0 Å². The van der Waals surface area contributed by atoms with Crippen molar-refractivity contribution in [1.29, 1.82) is 0 Å². The molecule has 0 unspecified atom stereocenters. The summed E-state index contributed by atoms with van der Waals surface area (Å²) in [6, 6.07) is 0. The van der Waals surface area contributed by atoms with Crippen LogP contribution in [0.5, 0.6) is 0 Å². The first-order valence-electron chi connectivity index (χ1n) is 6.35. The third kappa shape index (κ3) is 40.3. The van der Waals surface area contributed by atoms with E-state index >= 15 is 0 Å². The topological polar surface area (TPSA) is 0 Å². The summed E-state index contributed by atoms with van der Waals surface area (Å²) in [5.41, 5.74) is 0. The molecule has 0 rings (SSSR count). The Kier molecular flexibility index (Phi) is 108. The van der Waals surface area contributed by atoms with E-state index in [1.54, 1.807) is 0 Å². The van der Waals surface area contributed by atoms with Crippen LogP contribution in [0.15, 0.2) is 0 Å². The first-order valence-corrected chi connectivity index (χ1v) is 6.35. The molecule has 0 heterocycles. The number of hydrogen-bond acceptors (Lipinski definition) is 0. The molecule has 0 aliphatic rings. The van der Waals surface area contributed by atoms with E-state index in [0.717, 1.165) is 5.92 Å². The summed E-state index contributed by atoms with van der Waals surface area (Å²) in [5, 5.41) is 0. The van der Waals surface area contributed by atoms with Crippen molar-refractivity contribution < 1.29 is 0 Å². The number of hydrogen-bond donors (Lipinski definition) is 0. The molecule has 0 aromatic heterocycles. The van der Waals surface area contributed by atoms with E-state index in [1.807, 2.05) is 41.5 Å². The van der Waals surface area contributed by atoms with Crippen molar-refractivity contribution >= 4 is 0 Å². The molecule has 0 fully saturated rings. The highest BCUT2D eigenvalue weighted by molar-refractivity contribution is 4.48. The zero-order chi connectivity index (χ0) is 11.7. The normalized spacial score (nSPS) is 6.43. The van der Waals surface area contributed by atoms with E-state index in [2.05, 4.69) is 20.8 Å². The van der Waals surface area contributed by atoms with Gasteiger partial charge >= 0.3 is 0 Å². The fourth-order valence-corrected chi connectivity index (χ4v) is 0.866. The summed E-state index contributed by atoms with van der Waals surface area (Å²) >= 11 is 0. The van der Waals surface area contributed by atoms with Gasteiger partial charge in [0.1, 0.15) is 0 Å². The summed E-state index contributed by atoms with van der Waals surface area (Å²) in [5.74, 6) is 0.986. The Labute approximate surface area is 95.5 Å². The molecule has 0 aliphatic carbocycles. The molecule has 0 spiro atoms. The molecule has 94 valence electrons. The van der Waals surface area contributed by atoms with Crippen molar-refractivity contribution in [2.24, 2.45) is 5.92 Å². The summed E-state index contributed by atoms with van der Waals surface area (Å²) in [4.78, 5) is 0. The lowest BCUT2D eigenvalue weighted by Gasteiger charge is -2.05. The standard InChI is InChI=1S/C7H16.3C2H6.CH4/c1-4-7(5-2)6-3;3*1-2;/h7H,4-6H2,1-3H3;3*1-2H3;1H4. The highest BCUT2D eigenvalue weighted by Gasteiger charge is 1.95. The quantitative estimate of drug-likeness (QED) is 0.491. The highest BCUT2D eigenvalue weighted by atomic mass is 14.0. The Morgan fingerprint density at radius 1 is 0.571 bits per heavy atom. The third-order valence-electron chi connectivity index (χ3n) is 1.73. The van der Waals surface area contributed by atoms with Crippen molar-refractivity contribution in [3.8, 4) is 0 Å². The fraction of sp³-hybridized carbons (Fsp3) is 1.00. The predicted octanol–water partition coefficient (Wildman–Crippen LogP) is 6.55. The molecular formula is C14H38. The molecule has 0 heteroatoms. The molecule has 0 aliphatic heterocycles.